The summed E-state index contributed by atoms with van der Waals surface area (Å²) in [6.07, 6.45) is 6.32. The Bertz CT molecular complexity index is 1030. The Balaban J connectivity index is 1.88. The second kappa shape index (κ2) is 14.5. The van der Waals surface area contributed by atoms with Crippen LogP contribution >= 0.6 is 15.9 Å². The van der Waals surface area contributed by atoms with E-state index in [0.717, 1.165) is 12.8 Å². The number of esters is 1. The van der Waals surface area contributed by atoms with Crippen LogP contribution in [-0.2, 0) is 28.7 Å². The van der Waals surface area contributed by atoms with E-state index >= 15 is 0 Å². The normalized spacial score (nSPS) is 28.8. The molecular formula is C31H48BrN3O7. The fourth-order valence-corrected chi connectivity index (χ4v) is 7.48. The van der Waals surface area contributed by atoms with Gasteiger partial charge in [-0.25, -0.2) is 0 Å². The van der Waals surface area contributed by atoms with Crippen LogP contribution < -0.4 is 5.32 Å². The summed E-state index contributed by atoms with van der Waals surface area (Å²) in [5.41, 5.74) is -1.71. The molecule has 0 saturated carbocycles. The highest BCUT2D eigenvalue weighted by molar-refractivity contribution is 9.09. The van der Waals surface area contributed by atoms with Crippen molar-refractivity contribution in [1.82, 2.24) is 15.1 Å². The molecule has 3 fully saturated rings. The van der Waals surface area contributed by atoms with Crippen molar-refractivity contribution in [2.24, 2.45) is 11.8 Å². The largest absolute Gasteiger partial charge is 0.460 e. The number of alkyl halides is 1. The molecule has 3 aliphatic heterocycles. The summed E-state index contributed by atoms with van der Waals surface area (Å²) in [6, 6.07) is -0.892. The topological polar surface area (TPSA) is 125 Å². The molecule has 3 aliphatic rings. The van der Waals surface area contributed by atoms with Gasteiger partial charge in [0.15, 0.2) is 0 Å². The van der Waals surface area contributed by atoms with Crippen LogP contribution in [0.1, 0.15) is 72.6 Å². The highest BCUT2D eigenvalue weighted by atomic mass is 79.9. The third-order valence-corrected chi connectivity index (χ3v) is 9.31. The van der Waals surface area contributed by atoms with Crippen LogP contribution in [0.4, 0.5) is 0 Å². The lowest BCUT2D eigenvalue weighted by Gasteiger charge is -2.42. The number of nitrogens with zero attached hydrogens (tertiary/aromatic N) is 2. The number of aliphatic hydroxyl groups excluding tert-OH is 1. The van der Waals surface area contributed by atoms with E-state index in [2.05, 4.69) is 34.4 Å². The molecular weight excluding hydrogens is 606 g/mol. The number of rotatable bonds is 16. The lowest BCUT2D eigenvalue weighted by atomic mass is 9.70. The maximum atomic E-state index is 14.4. The average molecular weight is 655 g/mol. The third-order valence-electron chi connectivity index (χ3n) is 8.47. The molecule has 3 amide bonds. The smallest absolute Gasteiger partial charge is 0.312 e. The predicted octanol–water partition coefficient (Wildman–Crippen LogP) is 3.11. The van der Waals surface area contributed by atoms with E-state index in [1.54, 1.807) is 28.9 Å². The van der Waals surface area contributed by atoms with Crippen LogP contribution in [0.3, 0.4) is 0 Å². The lowest BCUT2D eigenvalue weighted by Crippen LogP contribution is -2.60. The van der Waals surface area contributed by atoms with Crippen LogP contribution in [0.25, 0.3) is 0 Å². The Morgan fingerprint density at radius 3 is 2.55 bits per heavy atom. The molecule has 10 nitrogen and oxygen atoms in total. The second-order valence-electron chi connectivity index (χ2n) is 12.6. The maximum absolute atomic E-state index is 14.4. The Labute approximate surface area is 258 Å². The zero-order valence-electron chi connectivity index (χ0n) is 25.5. The number of nitrogens with one attached hydrogen (secondary N) is 1. The maximum Gasteiger partial charge on any atom is 0.312 e. The van der Waals surface area contributed by atoms with Gasteiger partial charge in [0.1, 0.15) is 17.7 Å². The van der Waals surface area contributed by atoms with Gasteiger partial charge in [-0.3, -0.25) is 19.2 Å². The molecule has 0 radical (unpaired) electrons. The summed E-state index contributed by atoms with van der Waals surface area (Å²) < 4.78 is 12.3. The van der Waals surface area contributed by atoms with Crippen molar-refractivity contribution in [1.29, 1.82) is 0 Å². The van der Waals surface area contributed by atoms with E-state index in [1.807, 2.05) is 20.8 Å². The minimum atomic E-state index is -1.17. The number of allylic oxidation sites excluding steroid dienone is 1. The van der Waals surface area contributed by atoms with E-state index in [0.29, 0.717) is 45.2 Å². The van der Waals surface area contributed by atoms with E-state index in [4.69, 9.17) is 14.6 Å². The number of carbonyl (C=O) groups is 4. The second-order valence-corrected chi connectivity index (χ2v) is 13.8. The van der Waals surface area contributed by atoms with Crippen molar-refractivity contribution in [3.8, 4) is 0 Å². The summed E-state index contributed by atoms with van der Waals surface area (Å²) in [5.74, 6) is -2.95. The molecule has 11 heteroatoms. The van der Waals surface area contributed by atoms with Crippen LogP contribution in [0.15, 0.2) is 25.3 Å². The van der Waals surface area contributed by atoms with Gasteiger partial charge in [-0.05, 0) is 53.4 Å². The van der Waals surface area contributed by atoms with Gasteiger partial charge in [0.25, 0.3) is 0 Å². The van der Waals surface area contributed by atoms with Gasteiger partial charge < -0.3 is 29.7 Å². The van der Waals surface area contributed by atoms with Gasteiger partial charge in [0.2, 0.25) is 17.7 Å². The molecule has 236 valence electrons. The van der Waals surface area contributed by atoms with E-state index < -0.39 is 47.2 Å². The Morgan fingerprint density at radius 1 is 1.24 bits per heavy atom. The third kappa shape index (κ3) is 7.10. The SMILES string of the molecule is C=CCCC(=O)NC[C@H](C)OC(=O)[C@H]1[C@@H]2O[C@@]3(CC2Br)[C@@H]1C(=O)N(CCCCCCO)[C@@H]3C(=O)N(CC=C)C(C)(C)C. The first-order valence-corrected chi connectivity index (χ1v) is 16.0. The summed E-state index contributed by atoms with van der Waals surface area (Å²) >= 11 is 3.69. The highest BCUT2D eigenvalue weighted by Crippen LogP contribution is 2.60. The molecule has 0 aromatic heterocycles. The highest BCUT2D eigenvalue weighted by Gasteiger charge is 2.77. The van der Waals surface area contributed by atoms with Crippen molar-refractivity contribution in [2.45, 2.75) is 107 Å². The molecule has 0 aromatic rings. The molecule has 0 aromatic carbocycles. The van der Waals surface area contributed by atoms with Crippen molar-refractivity contribution in [3.05, 3.63) is 25.3 Å². The molecule has 42 heavy (non-hydrogen) atoms. The molecule has 3 heterocycles. The van der Waals surface area contributed by atoms with E-state index in [-0.39, 0.29) is 35.7 Å². The van der Waals surface area contributed by atoms with Gasteiger partial charge in [0, 0.05) is 36.5 Å². The number of aliphatic hydroxyl groups is 1. The standard InChI is InChI=1S/C31H48BrN3O7/c1-7-9-14-22(37)33-19-20(3)41-29(40)23-24-27(38)34(16-12-10-11-13-17-36)26(31(24)18-21(32)25(23)42-31)28(39)35(15-8-2)30(4,5)6/h7-8,20-21,23-26,36H,1-2,9-19H2,3-6H3,(H,33,37)/t20-,21?,23+,24-,25+,26+,31-/m0/s1. The van der Waals surface area contributed by atoms with Crippen LogP contribution in [0.2, 0.25) is 0 Å². The Morgan fingerprint density at radius 2 is 1.93 bits per heavy atom. The number of amides is 3. The molecule has 3 saturated heterocycles. The zero-order valence-corrected chi connectivity index (χ0v) is 27.1. The molecule has 1 unspecified atom stereocenters. The number of likely N-dealkylation sites (tertiary alicyclic amines) is 1. The van der Waals surface area contributed by atoms with Crippen molar-refractivity contribution in [2.75, 3.05) is 26.2 Å². The predicted molar refractivity (Wildman–Crippen MR) is 163 cm³/mol. The number of unbranched alkanes of at least 4 members (excludes halogenated alkanes) is 3. The van der Waals surface area contributed by atoms with Gasteiger partial charge in [-0.2, -0.15) is 0 Å². The zero-order chi connectivity index (χ0) is 31.2. The van der Waals surface area contributed by atoms with Gasteiger partial charge in [-0.15, -0.1) is 13.2 Å². The summed E-state index contributed by atoms with van der Waals surface area (Å²) in [6.45, 7) is 15.9. The first-order valence-electron chi connectivity index (χ1n) is 15.1. The van der Waals surface area contributed by atoms with Gasteiger partial charge in [0.05, 0.1) is 24.5 Å². The summed E-state index contributed by atoms with van der Waals surface area (Å²) in [4.78, 5) is 57.3. The van der Waals surface area contributed by atoms with Crippen molar-refractivity contribution >= 4 is 39.6 Å². The van der Waals surface area contributed by atoms with Gasteiger partial charge in [-0.1, -0.05) is 40.9 Å². The van der Waals surface area contributed by atoms with Crippen LogP contribution in [0.5, 0.6) is 0 Å². The van der Waals surface area contributed by atoms with Crippen LogP contribution in [0, 0.1) is 11.8 Å². The Hall–Kier alpha value is -2.24. The molecule has 0 aliphatic carbocycles. The number of hydrogen-bond donors (Lipinski definition) is 2. The fraction of sp³-hybridized carbons (Fsp3) is 0.742. The first-order chi connectivity index (χ1) is 19.8. The van der Waals surface area contributed by atoms with Crippen molar-refractivity contribution in [3.63, 3.8) is 0 Å². The molecule has 2 N–H and O–H groups in total. The number of fused-ring (bicyclic) bond motifs is 1. The summed E-state index contributed by atoms with van der Waals surface area (Å²) in [7, 11) is 0. The number of ether oxygens (including phenoxy) is 2. The number of halogens is 1. The Kier molecular flexibility index (Phi) is 11.8. The number of hydrogen-bond acceptors (Lipinski definition) is 7. The minimum Gasteiger partial charge on any atom is -0.460 e. The molecule has 2 bridgehead atoms. The van der Waals surface area contributed by atoms with E-state index in [1.165, 1.54) is 0 Å². The van der Waals surface area contributed by atoms with Crippen molar-refractivity contribution < 1.29 is 33.8 Å². The monoisotopic (exact) mass is 653 g/mol. The average Bonchev–Trinajstić information content (AvgIpc) is 3.51. The lowest BCUT2D eigenvalue weighted by molar-refractivity contribution is -0.159. The summed E-state index contributed by atoms with van der Waals surface area (Å²) in [5, 5.41) is 11.9. The fourth-order valence-electron chi connectivity index (χ4n) is 6.53. The minimum absolute atomic E-state index is 0.111. The van der Waals surface area contributed by atoms with Crippen LogP contribution in [-0.4, -0.2) is 99.1 Å². The molecule has 7 atom stereocenters. The number of carbonyl (C=O) groups excluding carboxylic acids is 4. The quantitative estimate of drug-likeness (QED) is 0.113. The molecule has 3 rings (SSSR count). The van der Waals surface area contributed by atoms with Gasteiger partial charge >= 0.3 is 5.97 Å². The molecule has 1 spiro atoms. The first kappa shape index (κ1) is 34.3. The van der Waals surface area contributed by atoms with E-state index in [9.17, 15) is 19.2 Å².